The van der Waals surface area contributed by atoms with Gasteiger partial charge in [-0.05, 0) is 43.1 Å². The van der Waals surface area contributed by atoms with Gasteiger partial charge in [0.15, 0.2) is 11.5 Å². The molecule has 1 fully saturated rings. The number of amides is 1. The third kappa shape index (κ3) is 3.93. The van der Waals surface area contributed by atoms with Gasteiger partial charge in [0.25, 0.3) is 0 Å². The summed E-state index contributed by atoms with van der Waals surface area (Å²) in [5.74, 6) is 2.99. The first kappa shape index (κ1) is 16.5. The second-order valence-electron chi connectivity index (χ2n) is 6.31. The van der Waals surface area contributed by atoms with Crippen molar-refractivity contribution in [2.24, 2.45) is 5.92 Å². The highest BCUT2D eigenvalue weighted by atomic mass is 32.2. The van der Waals surface area contributed by atoms with E-state index in [1.165, 1.54) is 0 Å². The topological polar surface area (TPSA) is 50.8 Å². The van der Waals surface area contributed by atoms with Crippen LogP contribution < -0.4 is 14.8 Å². The predicted molar refractivity (Wildman–Crippen MR) is 91.8 cm³/mol. The van der Waals surface area contributed by atoms with Crippen molar-refractivity contribution in [3.05, 3.63) is 23.8 Å². The van der Waals surface area contributed by atoms with Crippen LogP contribution in [0.4, 0.5) is 0 Å². The van der Waals surface area contributed by atoms with Gasteiger partial charge in [-0.25, -0.2) is 0 Å². The number of nitrogens with one attached hydrogen (secondary N) is 1. The van der Waals surface area contributed by atoms with Gasteiger partial charge in [0, 0.05) is 6.54 Å². The van der Waals surface area contributed by atoms with Gasteiger partial charge in [0.2, 0.25) is 12.7 Å². The van der Waals surface area contributed by atoms with E-state index in [0.29, 0.717) is 11.7 Å². The lowest BCUT2D eigenvalue weighted by Crippen LogP contribution is -2.31. The molecule has 0 radical (unpaired) electrons. The lowest BCUT2D eigenvalue weighted by atomic mass is 10.1. The summed E-state index contributed by atoms with van der Waals surface area (Å²) in [6, 6.07) is 5.97. The smallest absolute Gasteiger partial charge is 0.233 e. The number of nitrogens with zero attached hydrogens (tertiary/aromatic N) is 1. The molecule has 1 amide bonds. The van der Waals surface area contributed by atoms with Crippen molar-refractivity contribution >= 4 is 17.7 Å². The van der Waals surface area contributed by atoms with E-state index in [4.69, 9.17) is 9.47 Å². The minimum atomic E-state index is 0.0853. The number of hydrogen-bond acceptors (Lipinski definition) is 5. The number of carbonyl (C=O) groups excluding carboxylic acids is 1. The SMILES string of the molecule is CC(C)CNCCCN1C(=O)CSC1c1ccc2c(c1)OCO2. The molecule has 1 saturated heterocycles. The van der Waals surface area contributed by atoms with Crippen LogP contribution in [0.2, 0.25) is 0 Å². The van der Waals surface area contributed by atoms with Crippen molar-refractivity contribution in [2.75, 3.05) is 32.2 Å². The number of carbonyl (C=O) groups is 1. The van der Waals surface area contributed by atoms with Gasteiger partial charge in [0.1, 0.15) is 5.37 Å². The first-order valence-electron chi connectivity index (χ1n) is 8.16. The normalized spacial score (nSPS) is 19.9. The van der Waals surface area contributed by atoms with Crippen molar-refractivity contribution in [3.8, 4) is 11.5 Å². The molecule has 3 rings (SSSR count). The summed E-state index contributed by atoms with van der Waals surface area (Å²) in [4.78, 5) is 14.2. The number of thioether (sulfide) groups is 1. The van der Waals surface area contributed by atoms with E-state index < -0.39 is 0 Å². The van der Waals surface area contributed by atoms with E-state index in [1.807, 2.05) is 23.1 Å². The quantitative estimate of drug-likeness (QED) is 0.776. The molecule has 5 nitrogen and oxygen atoms in total. The molecule has 6 heteroatoms. The Bertz CT molecular complexity index is 565. The summed E-state index contributed by atoms with van der Waals surface area (Å²) >= 11 is 1.69. The lowest BCUT2D eigenvalue weighted by Gasteiger charge is -2.24. The van der Waals surface area contributed by atoms with E-state index in [2.05, 4.69) is 19.2 Å². The minimum absolute atomic E-state index is 0.0853. The average molecular weight is 336 g/mol. The first-order chi connectivity index (χ1) is 11.1. The molecule has 0 aromatic heterocycles. The molecule has 23 heavy (non-hydrogen) atoms. The molecule has 1 N–H and O–H groups in total. The molecule has 1 atom stereocenters. The van der Waals surface area contributed by atoms with Crippen LogP contribution in [-0.4, -0.2) is 43.0 Å². The van der Waals surface area contributed by atoms with Gasteiger partial charge in [-0.15, -0.1) is 11.8 Å². The highest BCUT2D eigenvalue weighted by Crippen LogP contribution is 2.42. The van der Waals surface area contributed by atoms with Crippen LogP contribution in [0.5, 0.6) is 11.5 Å². The third-order valence-electron chi connectivity index (χ3n) is 3.96. The second-order valence-corrected chi connectivity index (χ2v) is 7.38. The molecule has 0 bridgehead atoms. The zero-order valence-corrected chi connectivity index (χ0v) is 14.5. The zero-order valence-electron chi connectivity index (χ0n) is 13.7. The Balaban J connectivity index is 1.59. The lowest BCUT2D eigenvalue weighted by molar-refractivity contribution is -0.128. The number of ether oxygens (including phenoxy) is 2. The Labute approximate surface area is 141 Å². The fourth-order valence-corrected chi connectivity index (χ4v) is 4.01. The third-order valence-corrected chi connectivity index (χ3v) is 5.21. The molecular formula is C17H24N2O3S. The highest BCUT2D eigenvalue weighted by molar-refractivity contribution is 8.00. The molecule has 0 saturated carbocycles. The Morgan fingerprint density at radius 3 is 3.00 bits per heavy atom. The Kier molecular flexibility index (Phi) is 5.33. The highest BCUT2D eigenvalue weighted by Gasteiger charge is 2.33. The van der Waals surface area contributed by atoms with E-state index in [9.17, 15) is 4.79 Å². The largest absolute Gasteiger partial charge is 0.454 e. The van der Waals surface area contributed by atoms with Crippen LogP contribution in [0.1, 0.15) is 31.2 Å². The molecule has 1 aromatic rings. The first-order valence-corrected chi connectivity index (χ1v) is 9.21. The Morgan fingerprint density at radius 2 is 2.17 bits per heavy atom. The van der Waals surface area contributed by atoms with E-state index in [1.54, 1.807) is 11.8 Å². The molecule has 1 aromatic carbocycles. The van der Waals surface area contributed by atoms with Crippen LogP contribution >= 0.6 is 11.8 Å². The Hall–Kier alpha value is -1.40. The molecule has 126 valence electrons. The number of hydrogen-bond donors (Lipinski definition) is 1. The van der Waals surface area contributed by atoms with Crippen molar-refractivity contribution in [3.63, 3.8) is 0 Å². The molecular weight excluding hydrogens is 312 g/mol. The van der Waals surface area contributed by atoms with Gasteiger partial charge in [0.05, 0.1) is 5.75 Å². The molecule has 0 aliphatic carbocycles. The van der Waals surface area contributed by atoms with Crippen molar-refractivity contribution in [1.82, 2.24) is 10.2 Å². The summed E-state index contributed by atoms with van der Waals surface area (Å²) in [5.41, 5.74) is 1.11. The zero-order chi connectivity index (χ0) is 16.2. The predicted octanol–water partition coefficient (Wildman–Crippen LogP) is 2.63. The van der Waals surface area contributed by atoms with Gasteiger partial charge >= 0.3 is 0 Å². The molecule has 2 aliphatic rings. The van der Waals surface area contributed by atoms with Gasteiger partial charge in [-0.3, -0.25) is 4.79 Å². The van der Waals surface area contributed by atoms with E-state index in [-0.39, 0.29) is 18.1 Å². The maximum absolute atomic E-state index is 12.2. The summed E-state index contributed by atoms with van der Waals surface area (Å²) in [5, 5.41) is 3.52. The molecule has 2 heterocycles. The van der Waals surface area contributed by atoms with Gasteiger partial charge < -0.3 is 19.7 Å². The minimum Gasteiger partial charge on any atom is -0.454 e. The van der Waals surface area contributed by atoms with Crippen LogP contribution in [0.15, 0.2) is 18.2 Å². The number of rotatable bonds is 7. The fourth-order valence-electron chi connectivity index (χ4n) is 2.80. The van der Waals surface area contributed by atoms with E-state index in [0.717, 1.165) is 43.1 Å². The molecule has 1 unspecified atom stereocenters. The van der Waals surface area contributed by atoms with Crippen LogP contribution in [0, 0.1) is 5.92 Å². The van der Waals surface area contributed by atoms with Crippen LogP contribution in [0.3, 0.4) is 0 Å². The number of fused-ring (bicyclic) bond motifs is 1. The van der Waals surface area contributed by atoms with Gasteiger partial charge in [-0.1, -0.05) is 19.9 Å². The summed E-state index contributed by atoms with van der Waals surface area (Å²) in [6.07, 6.45) is 0.972. The van der Waals surface area contributed by atoms with Crippen LogP contribution in [0.25, 0.3) is 0 Å². The molecule has 0 spiro atoms. The fraction of sp³-hybridized carbons (Fsp3) is 0.588. The Morgan fingerprint density at radius 1 is 1.35 bits per heavy atom. The van der Waals surface area contributed by atoms with Crippen molar-refractivity contribution in [2.45, 2.75) is 25.6 Å². The molecule has 2 aliphatic heterocycles. The maximum Gasteiger partial charge on any atom is 0.233 e. The summed E-state index contributed by atoms with van der Waals surface area (Å²) in [6.45, 7) is 7.43. The average Bonchev–Trinajstić information content (AvgIpc) is 3.13. The van der Waals surface area contributed by atoms with Gasteiger partial charge in [-0.2, -0.15) is 0 Å². The summed E-state index contributed by atoms with van der Waals surface area (Å²) in [7, 11) is 0. The van der Waals surface area contributed by atoms with Crippen molar-refractivity contribution < 1.29 is 14.3 Å². The number of benzene rings is 1. The van der Waals surface area contributed by atoms with Crippen LogP contribution in [-0.2, 0) is 4.79 Å². The second kappa shape index (κ2) is 7.45. The summed E-state index contributed by atoms with van der Waals surface area (Å²) < 4.78 is 10.8. The van der Waals surface area contributed by atoms with E-state index >= 15 is 0 Å². The monoisotopic (exact) mass is 336 g/mol. The standard InChI is InChI=1S/C17H24N2O3S/c1-12(2)9-18-6-3-7-19-16(20)10-23-17(19)13-4-5-14-15(8-13)22-11-21-14/h4-5,8,12,17-18H,3,6-7,9-11H2,1-2H3. The maximum atomic E-state index is 12.2. The van der Waals surface area contributed by atoms with Crippen molar-refractivity contribution in [1.29, 1.82) is 0 Å².